The largest absolute Gasteiger partial charge is 0.507 e. The van der Waals surface area contributed by atoms with Gasteiger partial charge in [-0.25, -0.2) is 0 Å². The van der Waals surface area contributed by atoms with E-state index in [1.54, 1.807) is 55.6 Å². The van der Waals surface area contributed by atoms with Gasteiger partial charge in [-0.3, -0.25) is 14.5 Å². The van der Waals surface area contributed by atoms with Gasteiger partial charge in [0.25, 0.3) is 11.7 Å². The van der Waals surface area contributed by atoms with Crippen LogP contribution >= 0.6 is 0 Å². The van der Waals surface area contributed by atoms with E-state index in [1.165, 1.54) is 4.90 Å². The van der Waals surface area contributed by atoms with Gasteiger partial charge < -0.3 is 19.3 Å². The number of carbonyl (C=O) groups is 2. The van der Waals surface area contributed by atoms with Gasteiger partial charge in [0, 0.05) is 11.3 Å². The number of hydrogen-bond donors (Lipinski definition) is 1. The van der Waals surface area contributed by atoms with Crippen LogP contribution in [0.3, 0.4) is 0 Å². The Bertz CT molecular complexity index is 1310. The average molecular weight is 530 g/mol. The van der Waals surface area contributed by atoms with Crippen molar-refractivity contribution in [1.29, 1.82) is 0 Å². The Labute approximate surface area is 229 Å². The smallest absolute Gasteiger partial charge is 0.300 e. The summed E-state index contributed by atoms with van der Waals surface area (Å²) in [5.41, 5.74) is 1.60. The van der Waals surface area contributed by atoms with Crippen molar-refractivity contribution in [3.63, 3.8) is 0 Å². The van der Waals surface area contributed by atoms with Gasteiger partial charge in [-0.2, -0.15) is 0 Å². The minimum absolute atomic E-state index is 0.0140. The summed E-state index contributed by atoms with van der Waals surface area (Å²) < 4.78 is 16.9. The van der Waals surface area contributed by atoms with Gasteiger partial charge in [0.1, 0.15) is 23.0 Å². The molecule has 1 aliphatic heterocycles. The lowest BCUT2D eigenvalue weighted by Gasteiger charge is -2.26. The van der Waals surface area contributed by atoms with Crippen molar-refractivity contribution in [2.45, 2.75) is 45.6 Å². The Hall–Kier alpha value is -4.26. The van der Waals surface area contributed by atoms with Crippen molar-refractivity contribution >= 4 is 23.1 Å². The first kappa shape index (κ1) is 27.8. The summed E-state index contributed by atoms with van der Waals surface area (Å²) in [7, 11) is 1.56. The zero-order valence-electron chi connectivity index (χ0n) is 22.7. The fourth-order valence-corrected chi connectivity index (χ4v) is 4.56. The monoisotopic (exact) mass is 529 g/mol. The summed E-state index contributed by atoms with van der Waals surface area (Å²) in [5, 5.41) is 11.4. The van der Waals surface area contributed by atoms with Gasteiger partial charge >= 0.3 is 0 Å². The molecular weight excluding hydrogens is 494 g/mol. The maximum Gasteiger partial charge on any atom is 0.300 e. The first-order chi connectivity index (χ1) is 19.0. The van der Waals surface area contributed by atoms with Crippen LogP contribution in [-0.2, 0) is 9.59 Å². The van der Waals surface area contributed by atoms with Gasteiger partial charge in [-0.1, -0.05) is 38.8 Å². The van der Waals surface area contributed by atoms with Crippen LogP contribution in [0.15, 0.2) is 78.4 Å². The molecule has 1 aliphatic rings. The predicted molar refractivity (Wildman–Crippen MR) is 151 cm³/mol. The minimum Gasteiger partial charge on any atom is -0.507 e. The second-order valence-corrected chi connectivity index (χ2v) is 9.37. The van der Waals surface area contributed by atoms with Crippen LogP contribution in [0.25, 0.3) is 5.76 Å². The third kappa shape index (κ3) is 6.25. The van der Waals surface area contributed by atoms with Crippen LogP contribution < -0.4 is 19.1 Å². The highest BCUT2D eigenvalue weighted by atomic mass is 16.5. The highest BCUT2D eigenvalue weighted by Gasteiger charge is 2.47. The van der Waals surface area contributed by atoms with Gasteiger partial charge in [-0.15, -0.1) is 0 Å². The average Bonchev–Trinajstić information content (AvgIpc) is 3.24. The zero-order chi connectivity index (χ0) is 27.8. The molecule has 39 heavy (non-hydrogen) atoms. The SMILES string of the molecule is CCCCCOc1ccc(/C(O)=C2/C(=O)C(=O)N(c3ccc(OC)cc3)C2c2cccc(OCCC)c2)cc1. The summed E-state index contributed by atoms with van der Waals surface area (Å²) in [4.78, 5) is 28.3. The molecule has 1 N–H and O–H groups in total. The number of Topliss-reactive ketones (excluding diaryl/α,β-unsaturated/α-hetero) is 1. The number of rotatable bonds is 12. The van der Waals surface area contributed by atoms with E-state index in [1.807, 2.05) is 31.2 Å². The predicted octanol–water partition coefficient (Wildman–Crippen LogP) is 6.68. The van der Waals surface area contributed by atoms with Crippen LogP contribution in [0.2, 0.25) is 0 Å². The van der Waals surface area contributed by atoms with Crippen LogP contribution in [0.1, 0.15) is 56.7 Å². The lowest BCUT2D eigenvalue weighted by atomic mass is 9.95. The molecule has 0 aromatic heterocycles. The Kier molecular flexibility index (Phi) is 9.26. The number of anilines is 1. The van der Waals surface area contributed by atoms with Crippen molar-refractivity contribution in [2.75, 3.05) is 25.2 Å². The van der Waals surface area contributed by atoms with Gasteiger partial charge in [0.15, 0.2) is 0 Å². The molecule has 1 fully saturated rings. The van der Waals surface area contributed by atoms with Gasteiger partial charge in [-0.05, 0) is 79.1 Å². The van der Waals surface area contributed by atoms with Crippen molar-refractivity contribution < 1.29 is 28.9 Å². The molecule has 0 radical (unpaired) electrons. The number of aliphatic hydroxyl groups is 1. The molecule has 0 aliphatic carbocycles. The number of ether oxygens (including phenoxy) is 3. The number of ketones is 1. The number of amides is 1. The quantitative estimate of drug-likeness (QED) is 0.122. The standard InChI is InChI=1S/C32H35NO6/c1-4-6-7-20-39-26-15-11-22(12-16-26)30(34)28-29(23-9-8-10-27(21-23)38-19-5-2)33(32(36)31(28)35)24-13-17-25(37-3)18-14-24/h8-18,21,29,34H,4-7,19-20H2,1-3H3/b30-28-. The molecule has 7 heteroatoms. The highest BCUT2D eigenvalue weighted by molar-refractivity contribution is 6.51. The molecule has 4 rings (SSSR count). The summed E-state index contributed by atoms with van der Waals surface area (Å²) in [6.07, 6.45) is 4.01. The molecule has 1 atom stereocenters. The Balaban J connectivity index is 1.76. The van der Waals surface area contributed by atoms with Gasteiger partial charge in [0.05, 0.1) is 31.9 Å². The van der Waals surface area contributed by atoms with Crippen LogP contribution in [0.5, 0.6) is 17.2 Å². The zero-order valence-corrected chi connectivity index (χ0v) is 22.7. The van der Waals surface area contributed by atoms with Crippen LogP contribution in [0.4, 0.5) is 5.69 Å². The third-order valence-corrected chi connectivity index (χ3v) is 6.59. The Morgan fingerprint density at radius 2 is 1.51 bits per heavy atom. The number of methoxy groups -OCH3 is 1. The molecule has 3 aromatic rings. The van der Waals surface area contributed by atoms with Crippen molar-refractivity contribution in [3.05, 3.63) is 89.5 Å². The van der Waals surface area contributed by atoms with E-state index < -0.39 is 17.7 Å². The maximum atomic E-state index is 13.4. The summed E-state index contributed by atoms with van der Waals surface area (Å²) in [5.74, 6) is 0.207. The van der Waals surface area contributed by atoms with Crippen LogP contribution in [-0.4, -0.2) is 37.1 Å². The van der Waals surface area contributed by atoms with Crippen molar-refractivity contribution in [3.8, 4) is 17.2 Å². The van der Waals surface area contributed by atoms with E-state index >= 15 is 0 Å². The third-order valence-electron chi connectivity index (χ3n) is 6.59. The molecule has 0 spiro atoms. The fourth-order valence-electron chi connectivity index (χ4n) is 4.56. The second-order valence-electron chi connectivity index (χ2n) is 9.37. The minimum atomic E-state index is -0.853. The van der Waals surface area contributed by atoms with Crippen molar-refractivity contribution in [1.82, 2.24) is 0 Å². The normalized spacial score (nSPS) is 16.4. The molecule has 1 saturated heterocycles. The number of benzene rings is 3. The number of aliphatic hydroxyl groups excluding tert-OH is 1. The lowest BCUT2D eigenvalue weighted by Crippen LogP contribution is -2.29. The molecule has 0 saturated carbocycles. The molecule has 3 aromatic carbocycles. The maximum absolute atomic E-state index is 13.4. The fraction of sp³-hybridized carbons (Fsp3) is 0.312. The number of nitrogens with zero attached hydrogens (tertiary/aromatic N) is 1. The molecule has 1 amide bonds. The molecular formula is C32H35NO6. The number of hydrogen-bond acceptors (Lipinski definition) is 6. The number of carbonyl (C=O) groups excluding carboxylic acids is 2. The van der Waals surface area contributed by atoms with E-state index in [0.29, 0.717) is 47.3 Å². The topological polar surface area (TPSA) is 85.3 Å². The molecule has 7 nitrogen and oxygen atoms in total. The summed E-state index contributed by atoms with van der Waals surface area (Å²) in [6, 6.07) is 20.2. The van der Waals surface area contributed by atoms with Crippen LogP contribution in [0, 0.1) is 0 Å². The van der Waals surface area contributed by atoms with E-state index in [0.717, 1.165) is 25.7 Å². The van der Waals surface area contributed by atoms with Gasteiger partial charge in [0.2, 0.25) is 0 Å². The number of unbranched alkanes of at least 4 members (excludes halogenated alkanes) is 2. The molecule has 1 unspecified atom stereocenters. The van der Waals surface area contributed by atoms with E-state index in [-0.39, 0.29) is 11.3 Å². The Morgan fingerprint density at radius 1 is 0.821 bits per heavy atom. The lowest BCUT2D eigenvalue weighted by molar-refractivity contribution is -0.132. The van der Waals surface area contributed by atoms with E-state index in [4.69, 9.17) is 14.2 Å². The highest BCUT2D eigenvalue weighted by Crippen LogP contribution is 2.43. The molecule has 1 heterocycles. The van der Waals surface area contributed by atoms with E-state index in [2.05, 4.69) is 6.92 Å². The van der Waals surface area contributed by atoms with Crippen molar-refractivity contribution in [2.24, 2.45) is 0 Å². The first-order valence-corrected chi connectivity index (χ1v) is 13.4. The molecule has 0 bridgehead atoms. The van der Waals surface area contributed by atoms with E-state index in [9.17, 15) is 14.7 Å². The summed E-state index contributed by atoms with van der Waals surface area (Å²) in [6.45, 7) is 5.30. The molecule has 204 valence electrons. The first-order valence-electron chi connectivity index (χ1n) is 13.4. The second kappa shape index (κ2) is 13.0. The summed E-state index contributed by atoms with van der Waals surface area (Å²) >= 11 is 0. The Morgan fingerprint density at radius 3 is 2.18 bits per heavy atom.